The van der Waals surface area contributed by atoms with Crippen LogP contribution in [0.5, 0.6) is 34.5 Å². The minimum atomic E-state index is 0.388. The molecule has 3 aromatic carbocycles. The summed E-state index contributed by atoms with van der Waals surface area (Å²) in [6.45, 7) is 7.11. The Labute approximate surface area is 247 Å². The summed E-state index contributed by atoms with van der Waals surface area (Å²) in [5.74, 6) is 5.17. The normalized spacial score (nSPS) is 14.0. The molecule has 3 rings (SSSR count). The third-order valence-electron chi connectivity index (χ3n) is 7.09. The van der Waals surface area contributed by atoms with Crippen molar-refractivity contribution in [2.75, 3.05) is 42.7 Å². The van der Waals surface area contributed by atoms with Gasteiger partial charge >= 0.3 is 0 Å². The molecule has 3 unspecified atom stereocenters. The molecule has 0 aliphatic heterocycles. The van der Waals surface area contributed by atoms with Gasteiger partial charge in [-0.25, -0.2) is 0 Å². The Hall–Kier alpha value is -2.89. The predicted octanol–water partition coefficient (Wildman–Crippen LogP) is 4.17. The highest BCUT2D eigenvalue weighted by Crippen LogP contribution is 2.40. The van der Waals surface area contributed by atoms with Gasteiger partial charge in [0, 0.05) is 0 Å². The highest BCUT2D eigenvalue weighted by molar-refractivity contribution is 6.60. The molecule has 6 nitrogen and oxygen atoms in total. The van der Waals surface area contributed by atoms with Crippen LogP contribution < -0.4 is 44.0 Å². The van der Waals surface area contributed by atoms with Gasteiger partial charge < -0.3 is 28.4 Å². The van der Waals surface area contributed by atoms with Crippen LogP contribution in [0.15, 0.2) is 54.6 Å². The van der Waals surface area contributed by atoms with Crippen molar-refractivity contribution in [2.24, 2.45) is 5.92 Å². The smallest absolute Gasteiger partial charge is 0.160 e. The maximum absolute atomic E-state index is 5.80. The molecule has 212 valence electrons. The molecule has 40 heavy (non-hydrogen) atoms. The van der Waals surface area contributed by atoms with Crippen LogP contribution in [-0.2, 0) is 0 Å². The van der Waals surface area contributed by atoms with Crippen molar-refractivity contribution in [2.45, 2.75) is 37.4 Å². The summed E-state index contributed by atoms with van der Waals surface area (Å²) in [5, 5.41) is 3.55. The van der Waals surface area contributed by atoms with Gasteiger partial charge in [0.25, 0.3) is 0 Å². The van der Waals surface area contributed by atoms with Crippen LogP contribution >= 0.6 is 0 Å². The summed E-state index contributed by atoms with van der Waals surface area (Å²) in [5.41, 5.74) is 1.16. The predicted molar refractivity (Wildman–Crippen MR) is 167 cm³/mol. The van der Waals surface area contributed by atoms with E-state index in [1.807, 2.05) is 36.4 Å². The second-order valence-corrected chi connectivity index (χ2v) is 14.7. The average molecular weight is 593 g/mol. The lowest BCUT2D eigenvalue weighted by atomic mass is 9.98. The van der Waals surface area contributed by atoms with Gasteiger partial charge in [-0.15, -0.1) is 0 Å². The van der Waals surface area contributed by atoms with Crippen LogP contribution in [-0.4, -0.2) is 71.2 Å². The Bertz CT molecular complexity index is 1090. The zero-order valence-corrected chi connectivity index (χ0v) is 28.0. The van der Waals surface area contributed by atoms with Crippen LogP contribution in [0.4, 0.5) is 0 Å². The summed E-state index contributed by atoms with van der Waals surface area (Å²) in [4.78, 5) is 0. The Morgan fingerprint density at radius 1 is 0.425 bits per heavy atom. The number of hydrogen-bond donors (Lipinski definition) is 0. The maximum Gasteiger partial charge on any atom is 0.160 e. The number of methoxy groups -OCH3 is 6. The van der Waals surface area contributed by atoms with Crippen LogP contribution in [0.2, 0.25) is 16.6 Å². The minimum Gasteiger partial charge on any atom is -0.493 e. The molecule has 0 aliphatic carbocycles. The van der Waals surface area contributed by atoms with Gasteiger partial charge in [0.05, 0.1) is 71.2 Å². The number of benzene rings is 3. The third kappa shape index (κ3) is 7.24. The number of para-hydroxylation sites is 3. The Morgan fingerprint density at radius 3 is 0.925 bits per heavy atom. The van der Waals surface area contributed by atoms with Gasteiger partial charge in [-0.3, -0.25) is 0 Å². The molecule has 9 heteroatoms. The fraction of sp³-hybridized carbons (Fsp3) is 0.419. The molecular formula is C31H40O6Si3. The lowest BCUT2D eigenvalue weighted by Gasteiger charge is -2.35. The maximum atomic E-state index is 5.80. The van der Waals surface area contributed by atoms with Gasteiger partial charge in [-0.1, -0.05) is 57.2 Å². The van der Waals surface area contributed by atoms with Gasteiger partial charge in [0.1, 0.15) is 0 Å². The number of rotatable bonds is 15. The molecule has 0 heterocycles. The molecule has 6 radical (unpaired) electrons. The molecule has 0 bridgehead atoms. The molecule has 0 aromatic heterocycles. The van der Waals surface area contributed by atoms with E-state index in [-0.39, 0.29) is 0 Å². The number of ether oxygens (including phenoxy) is 6. The van der Waals surface area contributed by atoms with E-state index in [4.69, 9.17) is 28.4 Å². The molecule has 0 fully saturated rings. The molecule has 3 aromatic rings. The lowest BCUT2D eigenvalue weighted by molar-refractivity contribution is 0.357. The lowest BCUT2D eigenvalue weighted by Crippen LogP contribution is -2.36. The van der Waals surface area contributed by atoms with E-state index in [0.717, 1.165) is 34.5 Å². The van der Waals surface area contributed by atoms with E-state index in [9.17, 15) is 0 Å². The minimum absolute atomic E-state index is 0.388. The summed E-state index contributed by atoms with van der Waals surface area (Å²) in [7, 11) is 11.9. The fourth-order valence-corrected chi connectivity index (χ4v) is 11.3. The van der Waals surface area contributed by atoms with Crippen LogP contribution in [0.25, 0.3) is 0 Å². The van der Waals surface area contributed by atoms with E-state index in [0.29, 0.717) is 51.1 Å². The summed E-state index contributed by atoms with van der Waals surface area (Å²) in [6.07, 6.45) is 0. The molecule has 0 aliphatic rings. The van der Waals surface area contributed by atoms with Crippen LogP contribution in [0.1, 0.15) is 20.8 Å². The molecule has 0 spiro atoms. The first kappa shape index (κ1) is 31.6. The summed E-state index contributed by atoms with van der Waals surface area (Å²) < 4.78 is 34.2. The van der Waals surface area contributed by atoms with Crippen LogP contribution in [0, 0.1) is 5.92 Å². The first-order valence-electron chi connectivity index (χ1n) is 13.3. The number of hydrogen-bond acceptors (Lipinski definition) is 6. The highest BCUT2D eigenvalue weighted by Gasteiger charge is 2.33. The van der Waals surface area contributed by atoms with Gasteiger partial charge in [0.15, 0.2) is 34.5 Å². The van der Waals surface area contributed by atoms with Crippen molar-refractivity contribution < 1.29 is 28.4 Å². The molecular weight excluding hydrogens is 553 g/mol. The highest BCUT2D eigenvalue weighted by atomic mass is 28.2. The van der Waals surface area contributed by atoms with E-state index in [1.54, 1.807) is 42.7 Å². The molecule has 0 N–H and O–H groups in total. The van der Waals surface area contributed by atoms with E-state index < -0.39 is 0 Å². The largest absolute Gasteiger partial charge is 0.493 e. The van der Waals surface area contributed by atoms with Crippen molar-refractivity contribution in [3.63, 3.8) is 0 Å². The van der Waals surface area contributed by atoms with Crippen molar-refractivity contribution in [3.8, 4) is 34.5 Å². The van der Waals surface area contributed by atoms with E-state index in [1.165, 1.54) is 15.6 Å². The average Bonchev–Trinajstić information content (AvgIpc) is 2.96. The fourth-order valence-electron chi connectivity index (χ4n) is 5.33. The first-order chi connectivity index (χ1) is 19.3. The van der Waals surface area contributed by atoms with Crippen molar-refractivity contribution in [1.82, 2.24) is 0 Å². The topological polar surface area (TPSA) is 55.4 Å². The Morgan fingerprint density at radius 2 is 0.700 bits per heavy atom. The Kier molecular flexibility index (Phi) is 12.0. The van der Waals surface area contributed by atoms with Gasteiger partial charge in [-0.05, 0) is 56.3 Å². The molecule has 0 amide bonds. The first-order valence-corrected chi connectivity index (χ1v) is 16.5. The van der Waals surface area contributed by atoms with Crippen molar-refractivity contribution in [3.05, 3.63) is 54.6 Å². The molecule has 0 saturated heterocycles. The monoisotopic (exact) mass is 592 g/mol. The zero-order valence-electron chi connectivity index (χ0n) is 25.0. The zero-order chi connectivity index (χ0) is 29.2. The molecule has 0 saturated carbocycles. The standard InChI is InChI=1S/C31H40O6Si3/c1-19(38-25-16-10-13-22(32-4)29(25)35-7)28(20(2)39-26-17-11-14-23(33-5)30(26)36-8)21(3)40-27-18-12-15-24(34-6)31(27)37-9/h10-21,28H,1-9H3. The van der Waals surface area contributed by atoms with Gasteiger partial charge in [0.2, 0.25) is 0 Å². The van der Waals surface area contributed by atoms with Gasteiger partial charge in [-0.2, -0.15) is 0 Å². The second-order valence-electron chi connectivity index (χ2n) is 9.50. The SMILES string of the molecule is COc1cccc([Si]C(C)C(C(C)[Si]c2cccc(OC)c2OC)C(C)[Si]c2cccc(OC)c2OC)c1OC. The van der Waals surface area contributed by atoms with E-state index >= 15 is 0 Å². The van der Waals surface area contributed by atoms with Crippen molar-refractivity contribution in [1.29, 1.82) is 0 Å². The quantitative estimate of drug-likeness (QED) is 0.247. The Balaban J connectivity index is 1.99. The second kappa shape index (κ2) is 15.2. The van der Waals surface area contributed by atoms with Crippen molar-refractivity contribution >= 4 is 44.1 Å². The molecule has 3 atom stereocenters. The third-order valence-corrected chi connectivity index (χ3v) is 11.7. The van der Waals surface area contributed by atoms with Crippen LogP contribution in [0.3, 0.4) is 0 Å². The summed E-state index contributed by atoms with van der Waals surface area (Å²) in [6, 6.07) is 18.5. The summed E-state index contributed by atoms with van der Waals surface area (Å²) >= 11 is 0. The van der Waals surface area contributed by atoms with E-state index in [2.05, 4.69) is 39.0 Å².